The van der Waals surface area contributed by atoms with Crippen LogP contribution in [0.2, 0.25) is 0 Å². The zero-order chi connectivity index (χ0) is 54.5. The van der Waals surface area contributed by atoms with Gasteiger partial charge in [-0.15, -0.1) is 0 Å². The molecule has 0 radical (unpaired) electrons. The van der Waals surface area contributed by atoms with E-state index >= 15 is 0 Å². The fraction of sp³-hybridized carbons (Fsp3) is 0.565. The van der Waals surface area contributed by atoms with E-state index in [-0.39, 0.29) is 56.7 Å². The minimum Gasteiger partial charge on any atom is -0.457 e. The Morgan fingerprint density at radius 2 is 1.18 bits per heavy atom. The van der Waals surface area contributed by atoms with Gasteiger partial charge in [0.15, 0.2) is 0 Å². The number of carbonyl (C=O) groups excluding carboxylic acids is 12. The Kier molecular flexibility index (Phi) is 23.6. The van der Waals surface area contributed by atoms with Gasteiger partial charge in [-0.2, -0.15) is 0 Å². The third kappa shape index (κ3) is 22.7. The number of amides is 12. The minimum absolute atomic E-state index is 0.0176. The number of anilines is 1. The maximum atomic E-state index is 13.7. The molecule has 1 aromatic rings. The predicted molar refractivity (Wildman–Crippen MR) is 257 cm³/mol. The average molecular weight is 1020 g/mol. The summed E-state index contributed by atoms with van der Waals surface area (Å²) in [5.41, 5.74) is 3.86. The van der Waals surface area contributed by atoms with Crippen LogP contribution in [0.1, 0.15) is 86.3 Å². The molecular formula is C46H69N11O15. The molecule has 0 saturated heterocycles. The lowest BCUT2D eigenvalue weighted by Crippen LogP contribution is -2.56. The number of urea groups is 1. The number of carbonyl (C=O) groups is 12. The summed E-state index contributed by atoms with van der Waals surface area (Å²) in [6, 6.07) is 2.42. The van der Waals surface area contributed by atoms with Crippen LogP contribution in [0.15, 0.2) is 36.4 Å². The van der Waals surface area contributed by atoms with Crippen LogP contribution in [0.4, 0.5) is 20.1 Å². The number of hydrogen-bond acceptors (Lipinski definition) is 15. The molecule has 2 rings (SSSR count). The summed E-state index contributed by atoms with van der Waals surface area (Å²) in [4.78, 5) is 154. The number of nitrogens with two attached hydrogens (primary N) is 1. The van der Waals surface area contributed by atoms with Gasteiger partial charge >= 0.3 is 24.2 Å². The summed E-state index contributed by atoms with van der Waals surface area (Å²) in [7, 11) is 2.92. The molecule has 9 N–H and O–H groups in total. The Labute approximate surface area is 417 Å². The quantitative estimate of drug-likeness (QED) is 0.0269. The van der Waals surface area contributed by atoms with Gasteiger partial charge in [0, 0.05) is 70.1 Å². The van der Waals surface area contributed by atoms with E-state index in [4.69, 9.17) is 19.9 Å². The summed E-state index contributed by atoms with van der Waals surface area (Å²) in [5, 5.41) is 17.1. The number of imide groups is 1. The van der Waals surface area contributed by atoms with Crippen LogP contribution < -0.4 is 43.0 Å². The molecule has 26 nitrogen and oxygen atoms in total. The smallest absolute Gasteiger partial charge is 0.410 e. The Hall–Kier alpha value is -7.80. The summed E-state index contributed by atoms with van der Waals surface area (Å²) in [6.45, 7) is 11.6. The molecule has 26 heteroatoms. The maximum Gasteiger partial charge on any atom is 0.410 e. The number of ether oxygens (including phenoxy) is 3. The first-order chi connectivity index (χ1) is 33.5. The van der Waals surface area contributed by atoms with Gasteiger partial charge < -0.3 is 67.0 Å². The number of hydrogen-bond donors (Lipinski definition) is 8. The van der Waals surface area contributed by atoms with Crippen molar-refractivity contribution >= 4 is 77.1 Å². The lowest BCUT2D eigenvalue weighted by atomic mass is 10.0. The highest BCUT2D eigenvalue weighted by Gasteiger charge is 2.33. The second kappa shape index (κ2) is 28.1. The average Bonchev–Trinajstić information content (AvgIpc) is 3.60. The van der Waals surface area contributed by atoms with E-state index < -0.39 is 126 Å². The van der Waals surface area contributed by atoms with Crippen LogP contribution in [0.5, 0.6) is 0 Å². The molecule has 72 heavy (non-hydrogen) atoms. The molecule has 0 aromatic heterocycles. The van der Waals surface area contributed by atoms with Gasteiger partial charge in [0.1, 0.15) is 23.3 Å². The van der Waals surface area contributed by atoms with Gasteiger partial charge in [0.2, 0.25) is 41.5 Å². The number of esters is 1. The fourth-order valence-corrected chi connectivity index (χ4v) is 6.01. The van der Waals surface area contributed by atoms with Crippen molar-refractivity contribution in [1.82, 2.24) is 46.6 Å². The molecule has 1 heterocycles. The maximum absolute atomic E-state index is 13.7. The van der Waals surface area contributed by atoms with Gasteiger partial charge in [0.05, 0.1) is 19.6 Å². The largest absolute Gasteiger partial charge is 0.457 e. The number of nitrogens with zero attached hydrogens (tertiary/aromatic N) is 3. The molecule has 1 unspecified atom stereocenters. The van der Waals surface area contributed by atoms with E-state index in [9.17, 15) is 57.5 Å². The molecule has 0 aliphatic carbocycles. The highest BCUT2D eigenvalue weighted by molar-refractivity contribution is 6.13. The molecule has 0 spiro atoms. The normalized spacial score (nSPS) is 13.4. The zero-order valence-corrected chi connectivity index (χ0v) is 42.4. The molecule has 0 saturated carbocycles. The molecule has 398 valence electrons. The van der Waals surface area contributed by atoms with Crippen LogP contribution >= 0.6 is 0 Å². The van der Waals surface area contributed by atoms with Crippen molar-refractivity contribution in [3.05, 3.63) is 42.0 Å². The summed E-state index contributed by atoms with van der Waals surface area (Å²) in [6.07, 6.45) is -1.01. The van der Waals surface area contributed by atoms with E-state index in [1.54, 1.807) is 55.4 Å². The number of rotatable bonds is 25. The number of benzene rings is 1. The van der Waals surface area contributed by atoms with Crippen molar-refractivity contribution in [3.63, 3.8) is 0 Å². The summed E-state index contributed by atoms with van der Waals surface area (Å²) in [5.74, 6) is -6.96. The Morgan fingerprint density at radius 3 is 1.69 bits per heavy atom. The second-order valence-electron chi connectivity index (χ2n) is 18.8. The molecule has 12 amide bonds. The van der Waals surface area contributed by atoms with Gasteiger partial charge in [-0.25, -0.2) is 19.2 Å². The van der Waals surface area contributed by atoms with Crippen molar-refractivity contribution in [2.24, 2.45) is 11.7 Å². The molecule has 0 bridgehead atoms. The molecule has 1 aliphatic heterocycles. The van der Waals surface area contributed by atoms with Crippen LogP contribution in [0.3, 0.4) is 0 Å². The van der Waals surface area contributed by atoms with Crippen molar-refractivity contribution in [3.8, 4) is 0 Å². The first kappa shape index (κ1) is 60.3. The Bertz CT molecular complexity index is 2170. The van der Waals surface area contributed by atoms with Crippen molar-refractivity contribution < 1.29 is 71.7 Å². The van der Waals surface area contributed by atoms with Crippen LogP contribution in [0.25, 0.3) is 0 Å². The van der Waals surface area contributed by atoms with Gasteiger partial charge in [-0.1, -0.05) is 26.0 Å². The SMILES string of the molecule is CC(C)[C@H](NC(=O)CNC(=O)CNC(=O)CNC(=O)CCN1C(=O)C=CC1=O)C(=O)N[C@@H](CCCNC(N)=O)C(=O)Nc1ccc(C(OC(=O)N(C)CCN(C)C(=O)OC(C)(C)C)C(=O)OC(C)(C)C)cc1. The summed E-state index contributed by atoms with van der Waals surface area (Å²) < 4.78 is 16.5. The lowest BCUT2D eigenvalue weighted by Gasteiger charge is -2.28. The molecule has 0 fully saturated rings. The van der Waals surface area contributed by atoms with E-state index in [1.807, 2.05) is 0 Å². The monoisotopic (exact) mass is 1020 g/mol. The highest BCUT2D eigenvalue weighted by Crippen LogP contribution is 2.25. The highest BCUT2D eigenvalue weighted by atomic mass is 16.6. The van der Waals surface area contributed by atoms with Gasteiger partial charge in [0.25, 0.3) is 11.8 Å². The molecular weight excluding hydrogens is 947 g/mol. The topological polar surface area (TPSA) is 352 Å². The van der Waals surface area contributed by atoms with Crippen molar-refractivity contribution in [2.75, 3.05) is 65.2 Å². The first-order valence-corrected chi connectivity index (χ1v) is 22.9. The van der Waals surface area contributed by atoms with Crippen LogP contribution in [0, 0.1) is 5.92 Å². The lowest BCUT2D eigenvalue weighted by molar-refractivity contribution is -0.166. The van der Waals surface area contributed by atoms with Gasteiger partial charge in [-0.05, 0) is 72.4 Å². The molecule has 1 aliphatic rings. The third-order valence-corrected chi connectivity index (χ3v) is 9.78. The first-order valence-electron chi connectivity index (χ1n) is 22.9. The van der Waals surface area contributed by atoms with Crippen LogP contribution in [-0.4, -0.2) is 169 Å². The van der Waals surface area contributed by atoms with Gasteiger partial charge in [-0.3, -0.25) is 43.3 Å². The van der Waals surface area contributed by atoms with Crippen LogP contribution in [-0.2, 0) is 57.4 Å². The molecule has 1 aromatic carbocycles. The molecule has 3 atom stereocenters. The van der Waals surface area contributed by atoms with E-state index in [0.29, 0.717) is 0 Å². The fourth-order valence-electron chi connectivity index (χ4n) is 6.01. The van der Waals surface area contributed by atoms with E-state index in [0.717, 1.165) is 17.1 Å². The minimum atomic E-state index is -1.56. The summed E-state index contributed by atoms with van der Waals surface area (Å²) >= 11 is 0. The number of likely N-dealkylation sites (N-methyl/N-ethyl adjacent to an activating group) is 2. The Balaban J connectivity index is 2.07. The van der Waals surface area contributed by atoms with Crippen molar-refractivity contribution in [2.45, 2.75) is 104 Å². The van der Waals surface area contributed by atoms with E-state index in [1.165, 1.54) is 48.2 Å². The second-order valence-corrected chi connectivity index (χ2v) is 18.8. The standard InChI is InChI=1S/C46H69N11O15/c1-27(2)37(54-34(61)26-51-33(60)25-50-32(59)24-49-31(58)19-21-57-35(62)17-18-36(57)63)40(65)53-30(12-11-20-48-42(47)67)39(64)52-29-15-13-28(14-16-29)38(41(66)71-45(3,4)5)70-43(68)55(9)22-23-56(10)44(69)72-46(6,7)8/h13-18,27,30,37-38H,11-12,19-26H2,1-10H3,(H,49,58)(H,50,59)(H,51,60)(H,52,64)(H,53,65)(H,54,61)(H3,47,48,67)/t30-,37-,38?/m0/s1. The predicted octanol–water partition coefficient (Wildman–Crippen LogP) is -0.319. The number of primary amides is 1. The Morgan fingerprint density at radius 1 is 0.667 bits per heavy atom. The number of nitrogens with one attached hydrogen (secondary N) is 7. The third-order valence-electron chi connectivity index (χ3n) is 9.78. The van der Waals surface area contributed by atoms with E-state index in [2.05, 4.69) is 37.2 Å². The zero-order valence-electron chi connectivity index (χ0n) is 42.4. The van der Waals surface area contributed by atoms with Crippen molar-refractivity contribution in [1.29, 1.82) is 0 Å².